The van der Waals surface area contributed by atoms with Gasteiger partial charge in [0, 0.05) is 25.6 Å². The van der Waals surface area contributed by atoms with Crippen molar-refractivity contribution in [2.45, 2.75) is 32.4 Å². The molecule has 7 heteroatoms. The van der Waals surface area contributed by atoms with E-state index in [4.69, 9.17) is 5.73 Å². The van der Waals surface area contributed by atoms with Crippen molar-refractivity contribution in [2.75, 3.05) is 13.1 Å². The second-order valence-corrected chi connectivity index (χ2v) is 5.91. The predicted octanol–water partition coefficient (Wildman–Crippen LogP) is 2.47. The number of carbonyl (C=O) groups excluding carboxylic acids is 1. The Morgan fingerprint density at radius 2 is 2.09 bits per heavy atom. The van der Waals surface area contributed by atoms with E-state index in [1.807, 2.05) is 40.1 Å². The number of fused-ring (bicyclic) bond motifs is 1. The van der Waals surface area contributed by atoms with Gasteiger partial charge >= 0.3 is 0 Å². The number of aryl methyl sites for hydroxylation is 1. The van der Waals surface area contributed by atoms with Gasteiger partial charge in [-0.05, 0) is 37.9 Å². The van der Waals surface area contributed by atoms with Gasteiger partial charge in [-0.15, -0.1) is 24.8 Å². The molecule has 0 aliphatic carbocycles. The maximum Gasteiger partial charge on any atom is 0.224 e. The Bertz CT molecular complexity index is 646. The Kier molecular flexibility index (Phi) is 7.32. The summed E-state index contributed by atoms with van der Waals surface area (Å²) in [5.74, 6) is 0.675. The molecule has 1 aromatic carbocycles. The second kappa shape index (κ2) is 8.52. The third-order valence-electron chi connectivity index (χ3n) is 4.41. The van der Waals surface area contributed by atoms with Crippen molar-refractivity contribution in [3.8, 4) is 0 Å². The lowest BCUT2D eigenvalue weighted by molar-refractivity contribution is -0.132. The van der Waals surface area contributed by atoms with E-state index in [1.165, 1.54) is 0 Å². The van der Waals surface area contributed by atoms with Crippen molar-refractivity contribution in [2.24, 2.45) is 11.7 Å². The molecular formula is C16H24Cl2N4O. The monoisotopic (exact) mass is 358 g/mol. The van der Waals surface area contributed by atoms with Crippen molar-refractivity contribution < 1.29 is 4.79 Å². The first kappa shape index (κ1) is 19.7. The van der Waals surface area contributed by atoms with Crippen molar-refractivity contribution >= 4 is 41.8 Å². The van der Waals surface area contributed by atoms with Crippen LogP contribution in [0, 0.1) is 5.92 Å². The van der Waals surface area contributed by atoms with Crippen molar-refractivity contribution in [3.63, 3.8) is 0 Å². The van der Waals surface area contributed by atoms with Crippen LogP contribution in [0.25, 0.3) is 11.0 Å². The number of hydrogen-bond donors (Lipinski definition) is 1. The molecule has 0 saturated carbocycles. The Balaban J connectivity index is 0.00000132. The maximum absolute atomic E-state index is 12.4. The maximum atomic E-state index is 12.4. The molecule has 1 aliphatic heterocycles. The average molecular weight is 359 g/mol. The zero-order valence-electron chi connectivity index (χ0n) is 13.2. The van der Waals surface area contributed by atoms with E-state index in [2.05, 4.69) is 11.9 Å². The Morgan fingerprint density at radius 1 is 1.35 bits per heavy atom. The van der Waals surface area contributed by atoms with Gasteiger partial charge in [-0.3, -0.25) is 4.79 Å². The molecule has 0 spiro atoms. The molecule has 1 aliphatic rings. The molecule has 5 nitrogen and oxygen atoms in total. The molecular weight excluding hydrogens is 335 g/mol. The summed E-state index contributed by atoms with van der Waals surface area (Å²) in [5.41, 5.74) is 7.78. The number of nitrogens with zero attached hydrogens (tertiary/aromatic N) is 3. The minimum Gasteiger partial charge on any atom is -0.340 e. The summed E-state index contributed by atoms with van der Waals surface area (Å²) in [6.45, 7) is 4.26. The number of carbonyl (C=O) groups is 1. The molecule has 2 aromatic rings. The van der Waals surface area contributed by atoms with Crippen LogP contribution in [-0.2, 0) is 11.3 Å². The van der Waals surface area contributed by atoms with Crippen LogP contribution in [0.4, 0.5) is 0 Å². The van der Waals surface area contributed by atoms with E-state index in [-0.39, 0.29) is 30.7 Å². The van der Waals surface area contributed by atoms with Crippen molar-refractivity contribution in [1.82, 2.24) is 14.5 Å². The summed E-state index contributed by atoms with van der Waals surface area (Å²) in [6.07, 6.45) is 3.35. The number of halogens is 2. The van der Waals surface area contributed by atoms with Gasteiger partial charge in [0.1, 0.15) is 0 Å². The van der Waals surface area contributed by atoms with Crippen LogP contribution in [0.2, 0.25) is 0 Å². The van der Waals surface area contributed by atoms with Crippen molar-refractivity contribution in [3.05, 3.63) is 30.6 Å². The fourth-order valence-electron chi connectivity index (χ4n) is 3.21. The lowest BCUT2D eigenvalue weighted by Gasteiger charge is -2.21. The molecule has 2 atom stereocenters. The number of rotatable bonds is 4. The van der Waals surface area contributed by atoms with Crippen LogP contribution >= 0.6 is 24.8 Å². The van der Waals surface area contributed by atoms with Gasteiger partial charge in [-0.25, -0.2) is 4.98 Å². The summed E-state index contributed by atoms with van der Waals surface area (Å²) in [4.78, 5) is 18.7. The number of aromatic nitrogens is 2. The van der Waals surface area contributed by atoms with Crippen LogP contribution in [0.15, 0.2) is 30.6 Å². The highest BCUT2D eigenvalue weighted by Crippen LogP contribution is 2.23. The second-order valence-electron chi connectivity index (χ2n) is 5.91. The molecule has 1 aromatic heterocycles. The van der Waals surface area contributed by atoms with Gasteiger partial charge in [-0.2, -0.15) is 0 Å². The van der Waals surface area contributed by atoms with Crippen LogP contribution in [-0.4, -0.2) is 39.5 Å². The van der Waals surface area contributed by atoms with Gasteiger partial charge in [0.05, 0.1) is 17.4 Å². The number of hydrogen-bond acceptors (Lipinski definition) is 3. The fraction of sp³-hybridized carbons (Fsp3) is 0.500. The molecule has 2 unspecified atom stereocenters. The quantitative estimate of drug-likeness (QED) is 0.912. The minimum absolute atomic E-state index is 0. The van der Waals surface area contributed by atoms with E-state index in [0.717, 1.165) is 24.0 Å². The molecule has 23 heavy (non-hydrogen) atoms. The predicted molar refractivity (Wildman–Crippen MR) is 97.2 cm³/mol. The van der Waals surface area contributed by atoms with E-state index >= 15 is 0 Å². The zero-order valence-corrected chi connectivity index (χ0v) is 14.9. The first-order valence-electron chi connectivity index (χ1n) is 7.58. The van der Waals surface area contributed by atoms with E-state index in [0.29, 0.717) is 31.5 Å². The molecule has 3 rings (SSSR count). The summed E-state index contributed by atoms with van der Waals surface area (Å²) in [5, 5.41) is 0. The number of nitrogens with two attached hydrogens (primary N) is 1. The average Bonchev–Trinajstić information content (AvgIpc) is 3.08. The lowest BCUT2D eigenvalue weighted by Crippen LogP contribution is -2.34. The van der Waals surface area contributed by atoms with Crippen LogP contribution < -0.4 is 5.73 Å². The molecule has 1 amide bonds. The van der Waals surface area contributed by atoms with Gasteiger partial charge in [0.15, 0.2) is 0 Å². The van der Waals surface area contributed by atoms with Crippen LogP contribution in [0.3, 0.4) is 0 Å². The smallest absolute Gasteiger partial charge is 0.224 e. The van der Waals surface area contributed by atoms with Crippen LogP contribution in [0.5, 0.6) is 0 Å². The highest BCUT2D eigenvalue weighted by Gasteiger charge is 2.31. The number of amides is 1. The summed E-state index contributed by atoms with van der Waals surface area (Å²) in [7, 11) is 0. The van der Waals surface area contributed by atoms with E-state index < -0.39 is 0 Å². The normalized spacial score (nSPS) is 20.2. The molecule has 1 fully saturated rings. The number of para-hydroxylation sites is 2. The summed E-state index contributed by atoms with van der Waals surface area (Å²) in [6, 6.07) is 8.31. The highest BCUT2D eigenvalue weighted by molar-refractivity contribution is 5.85. The largest absolute Gasteiger partial charge is 0.340 e. The van der Waals surface area contributed by atoms with Gasteiger partial charge in [-0.1, -0.05) is 12.1 Å². The standard InChI is InChI=1S/C16H22N4O.2ClH/c1-12-8-13(9-17)10-20(12)16(21)6-7-19-11-18-14-4-2-3-5-15(14)19;;/h2-5,11-13H,6-10,17H2,1H3;2*1H. The molecule has 2 heterocycles. The number of benzene rings is 1. The molecule has 0 radical (unpaired) electrons. The van der Waals surface area contributed by atoms with E-state index in [1.54, 1.807) is 0 Å². The Labute approximate surface area is 149 Å². The van der Waals surface area contributed by atoms with Gasteiger partial charge in [0.2, 0.25) is 5.91 Å². The van der Waals surface area contributed by atoms with Crippen molar-refractivity contribution in [1.29, 1.82) is 0 Å². The molecule has 0 bridgehead atoms. The minimum atomic E-state index is 0. The van der Waals surface area contributed by atoms with Crippen LogP contribution in [0.1, 0.15) is 19.8 Å². The zero-order chi connectivity index (χ0) is 14.8. The Hall–Kier alpha value is -1.30. The SMILES string of the molecule is CC1CC(CN)CN1C(=O)CCn1cnc2ccccc21.Cl.Cl. The molecule has 128 valence electrons. The molecule has 2 N–H and O–H groups in total. The number of imidazole rings is 1. The Morgan fingerprint density at radius 3 is 2.78 bits per heavy atom. The molecule has 1 saturated heterocycles. The first-order chi connectivity index (χ1) is 10.2. The highest BCUT2D eigenvalue weighted by atomic mass is 35.5. The van der Waals surface area contributed by atoms with E-state index in [9.17, 15) is 4.79 Å². The number of likely N-dealkylation sites (tertiary alicyclic amines) is 1. The first-order valence-corrected chi connectivity index (χ1v) is 7.58. The third kappa shape index (κ3) is 4.16. The summed E-state index contributed by atoms with van der Waals surface area (Å²) >= 11 is 0. The topological polar surface area (TPSA) is 64.2 Å². The summed E-state index contributed by atoms with van der Waals surface area (Å²) < 4.78 is 2.05. The fourth-order valence-corrected chi connectivity index (χ4v) is 3.21. The lowest BCUT2D eigenvalue weighted by atomic mass is 10.1. The van der Waals surface area contributed by atoms with Gasteiger partial charge in [0.25, 0.3) is 0 Å². The third-order valence-corrected chi connectivity index (χ3v) is 4.41. The van der Waals surface area contributed by atoms with Gasteiger partial charge < -0.3 is 15.2 Å².